The van der Waals surface area contributed by atoms with E-state index in [0.717, 1.165) is 6.92 Å². The van der Waals surface area contributed by atoms with Crippen LogP contribution in [0, 0.1) is 6.92 Å². The molecule has 0 saturated heterocycles. The number of fused-ring (bicyclic) bond motifs is 1. The number of anilines is 1. The smallest absolute Gasteiger partial charge is 0.274 e. The quantitative estimate of drug-likeness (QED) is 0.677. The third-order valence-corrected chi connectivity index (χ3v) is 2.52. The van der Waals surface area contributed by atoms with E-state index in [-0.39, 0.29) is 5.69 Å². The summed E-state index contributed by atoms with van der Waals surface area (Å²) in [6.45, 7) is 2.74. The Labute approximate surface area is 90.7 Å². The van der Waals surface area contributed by atoms with Gasteiger partial charge in [-0.3, -0.25) is 9.59 Å². The van der Waals surface area contributed by atoms with Crippen molar-refractivity contribution < 1.29 is 18.4 Å². The number of nitrogens with zero attached hydrogens (tertiary/aromatic N) is 1. The topological polar surface area (TPSA) is 37.4 Å². The van der Waals surface area contributed by atoms with E-state index in [1.54, 1.807) is 13.0 Å². The predicted molar refractivity (Wildman–Crippen MR) is 53.2 cm³/mol. The molecule has 0 aromatic heterocycles. The summed E-state index contributed by atoms with van der Waals surface area (Å²) in [6.07, 6.45) is 0. The highest BCUT2D eigenvalue weighted by atomic mass is 19.3. The minimum Gasteiger partial charge on any atom is -0.274 e. The zero-order valence-electron chi connectivity index (χ0n) is 8.75. The van der Waals surface area contributed by atoms with E-state index in [4.69, 9.17) is 0 Å². The zero-order valence-corrected chi connectivity index (χ0v) is 8.75. The number of aryl methyl sites for hydroxylation is 1. The van der Waals surface area contributed by atoms with Crippen molar-refractivity contribution in [3.63, 3.8) is 0 Å². The van der Waals surface area contributed by atoms with Gasteiger partial charge >= 0.3 is 11.8 Å². The third-order valence-electron chi connectivity index (χ3n) is 2.52. The normalized spacial score (nSPS) is 17.5. The van der Waals surface area contributed by atoms with Crippen molar-refractivity contribution in [2.75, 3.05) is 4.90 Å². The van der Waals surface area contributed by atoms with E-state index >= 15 is 0 Å². The lowest BCUT2D eigenvalue weighted by atomic mass is 10.1. The lowest BCUT2D eigenvalue weighted by molar-refractivity contribution is -0.143. The van der Waals surface area contributed by atoms with Crippen molar-refractivity contribution in [2.24, 2.45) is 0 Å². The van der Waals surface area contributed by atoms with E-state index in [1.165, 1.54) is 12.1 Å². The van der Waals surface area contributed by atoms with Gasteiger partial charge in [-0.25, -0.2) is 4.90 Å². The standard InChI is InChI=1S/C11H9F2NO2/c1-6-3-4-9-8(5-6)11(12,13)10(16)14(9)7(2)15/h3-5H,1-2H3. The fourth-order valence-corrected chi connectivity index (χ4v) is 1.77. The molecule has 0 unspecified atom stereocenters. The number of alkyl halides is 2. The fourth-order valence-electron chi connectivity index (χ4n) is 1.77. The first-order valence-electron chi connectivity index (χ1n) is 4.70. The molecule has 1 aliphatic rings. The minimum atomic E-state index is -3.60. The van der Waals surface area contributed by atoms with Gasteiger partial charge in [0, 0.05) is 6.92 Å². The second-order valence-corrected chi connectivity index (χ2v) is 3.75. The Hall–Kier alpha value is -1.78. The number of rotatable bonds is 0. The van der Waals surface area contributed by atoms with Gasteiger partial charge in [0.15, 0.2) is 0 Å². The fraction of sp³-hybridized carbons (Fsp3) is 0.273. The monoisotopic (exact) mass is 225 g/mol. The average Bonchev–Trinajstić information content (AvgIpc) is 2.37. The molecule has 3 nitrogen and oxygen atoms in total. The molecule has 1 aromatic rings. The first-order chi connectivity index (χ1) is 7.35. The van der Waals surface area contributed by atoms with Gasteiger partial charge in [0.2, 0.25) is 5.91 Å². The average molecular weight is 225 g/mol. The van der Waals surface area contributed by atoms with E-state index in [1.807, 2.05) is 0 Å². The lowest BCUT2D eigenvalue weighted by Crippen LogP contribution is -2.37. The first-order valence-corrected chi connectivity index (χ1v) is 4.70. The second-order valence-electron chi connectivity index (χ2n) is 3.75. The third kappa shape index (κ3) is 1.24. The van der Waals surface area contributed by atoms with Crippen LogP contribution in [0.2, 0.25) is 0 Å². The molecule has 0 aliphatic carbocycles. The van der Waals surface area contributed by atoms with Crippen molar-refractivity contribution in [2.45, 2.75) is 19.8 Å². The van der Waals surface area contributed by atoms with Crippen LogP contribution in [-0.4, -0.2) is 11.8 Å². The van der Waals surface area contributed by atoms with Gasteiger partial charge in [-0.1, -0.05) is 11.6 Å². The SMILES string of the molecule is CC(=O)N1C(=O)C(F)(F)c2cc(C)ccc21. The molecular weight excluding hydrogens is 216 g/mol. The first kappa shape index (κ1) is 10.7. The maximum atomic E-state index is 13.6. The van der Waals surface area contributed by atoms with Gasteiger partial charge in [-0.05, 0) is 19.1 Å². The number of benzene rings is 1. The number of imide groups is 1. The van der Waals surface area contributed by atoms with Gasteiger partial charge < -0.3 is 0 Å². The summed E-state index contributed by atoms with van der Waals surface area (Å²) in [5.74, 6) is -5.78. The maximum Gasteiger partial charge on any atom is 0.352 e. The number of hydrogen-bond donors (Lipinski definition) is 0. The highest BCUT2D eigenvalue weighted by molar-refractivity contribution is 6.21. The molecular formula is C11H9F2NO2. The number of halogens is 2. The predicted octanol–water partition coefficient (Wildman–Crippen LogP) is 1.98. The molecule has 16 heavy (non-hydrogen) atoms. The summed E-state index contributed by atoms with van der Waals surface area (Å²) in [6, 6.07) is 4.19. The molecule has 0 spiro atoms. The Morgan fingerprint density at radius 3 is 2.56 bits per heavy atom. The number of carbonyl (C=O) groups excluding carboxylic acids is 2. The van der Waals surface area contributed by atoms with Crippen LogP contribution in [0.3, 0.4) is 0 Å². The van der Waals surface area contributed by atoms with E-state index in [9.17, 15) is 18.4 Å². The van der Waals surface area contributed by atoms with E-state index in [2.05, 4.69) is 0 Å². The van der Waals surface area contributed by atoms with Gasteiger partial charge in [0.1, 0.15) is 0 Å². The molecule has 0 bridgehead atoms. The molecule has 1 heterocycles. The van der Waals surface area contributed by atoms with Crippen LogP contribution >= 0.6 is 0 Å². The van der Waals surface area contributed by atoms with Crippen LogP contribution in [0.5, 0.6) is 0 Å². The Morgan fingerprint density at radius 1 is 1.38 bits per heavy atom. The molecule has 0 N–H and O–H groups in total. The zero-order chi connectivity index (χ0) is 12.1. The van der Waals surface area contributed by atoms with Gasteiger partial charge in [0.25, 0.3) is 0 Å². The van der Waals surface area contributed by atoms with Gasteiger partial charge in [-0.2, -0.15) is 8.78 Å². The summed E-state index contributed by atoms with van der Waals surface area (Å²) in [4.78, 5) is 23.1. The highest BCUT2D eigenvalue weighted by Crippen LogP contribution is 2.44. The molecule has 2 amide bonds. The molecule has 2 rings (SSSR count). The summed E-state index contributed by atoms with van der Waals surface area (Å²) >= 11 is 0. The van der Waals surface area contributed by atoms with Crippen LogP contribution in [0.4, 0.5) is 14.5 Å². The summed E-state index contributed by atoms with van der Waals surface area (Å²) < 4.78 is 27.2. The molecule has 1 aliphatic heterocycles. The van der Waals surface area contributed by atoms with Crippen molar-refractivity contribution in [1.82, 2.24) is 0 Å². The highest BCUT2D eigenvalue weighted by Gasteiger charge is 2.54. The van der Waals surface area contributed by atoms with Crippen LogP contribution in [0.1, 0.15) is 18.1 Å². The molecule has 5 heteroatoms. The molecule has 0 atom stereocenters. The minimum absolute atomic E-state index is 0.0203. The van der Waals surface area contributed by atoms with Gasteiger partial charge in [0.05, 0.1) is 11.3 Å². The number of hydrogen-bond acceptors (Lipinski definition) is 2. The molecule has 0 saturated carbocycles. The van der Waals surface area contributed by atoms with Crippen molar-refractivity contribution in [3.8, 4) is 0 Å². The Morgan fingerprint density at radius 2 is 2.00 bits per heavy atom. The van der Waals surface area contributed by atoms with E-state index in [0.29, 0.717) is 10.5 Å². The Balaban J connectivity index is 2.69. The maximum absolute atomic E-state index is 13.6. The lowest BCUT2D eigenvalue weighted by Gasteiger charge is -2.12. The van der Waals surface area contributed by atoms with Gasteiger partial charge in [-0.15, -0.1) is 0 Å². The van der Waals surface area contributed by atoms with Crippen LogP contribution in [0.25, 0.3) is 0 Å². The van der Waals surface area contributed by atoms with Crippen molar-refractivity contribution >= 4 is 17.5 Å². The second kappa shape index (κ2) is 3.10. The number of amides is 2. The van der Waals surface area contributed by atoms with E-state index < -0.39 is 23.3 Å². The Kier molecular flexibility index (Phi) is 2.08. The summed E-state index contributed by atoms with van der Waals surface area (Å²) in [5.41, 5.74) is 0.206. The molecule has 0 radical (unpaired) electrons. The van der Waals surface area contributed by atoms with Crippen molar-refractivity contribution in [3.05, 3.63) is 29.3 Å². The molecule has 0 fully saturated rings. The van der Waals surface area contributed by atoms with Crippen LogP contribution in [0.15, 0.2) is 18.2 Å². The van der Waals surface area contributed by atoms with Crippen molar-refractivity contribution in [1.29, 1.82) is 0 Å². The van der Waals surface area contributed by atoms with Crippen LogP contribution in [-0.2, 0) is 15.5 Å². The summed E-state index contributed by atoms with van der Waals surface area (Å²) in [5, 5.41) is 0. The van der Waals surface area contributed by atoms with Crippen LogP contribution < -0.4 is 4.90 Å². The number of carbonyl (C=O) groups is 2. The Bertz CT molecular complexity index is 497. The largest absolute Gasteiger partial charge is 0.352 e. The molecule has 84 valence electrons. The summed E-state index contributed by atoms with van der Waals surface area (Å²) in [7, 11) is 0. The molecule has 1 aromatic carbocycles.